The Morgan fingerprint density at radius 1 is 0.821 bits per heavy atom. The van der Waals surface area contributed by atoms with Gasteiger partial charge in [-0.3, -0.25) is 0 Å². The highest BCUT2D eigenvalue weighted by Gasteiger charge is 2.50. The maximum atomic E-state index is 10.3. The Morgan fingerprint density at radius 2 is 1.39 bits per heavy atom. The summed E-state index contributed by atoms with van der Waals surface area (Å²) in [4.78, 5) is 2.55. The van der Waals surface area contributed by atoms with Crippen molar-refractivity contribution in [1.29, 1.82) is 0 Å². The highest BCUT2D eigenvalue weighted by Crippen LogP contribution is 2.29. The van der Waals surface area contributed by atoms with Crippen LogP contribution < -0.4 is 0 Å². The van der Waals surface area contributed by atoms with Crippen LogP contribution in [0.5, 0.6) is 0 Å². The minimum Gasteiger partial charge on any atom is -0.394 e. The van der Waals surface area contributed by atoms with Gasteiger partial charge in [0, 0.05) is 11.5 Å². The zero-order valence-corrected chi connectivity index (χ0v) is 14.7. The molecular formula is C14H25N3O11. The van der Waals surface area contributed by atoms with E-state index in [9.17, 15) is 35.7 Å². The van der Waals surface area contributed by atoms with Gasteiger partial charge in [-0.15, -0.1) is 0 Å². The van der Waals surface area contributed by atoms with Gasteiger partial charge in [0.05, 0.1) is 19.8 Å². The fraction of sp³-hybridized carbons (Fsp3) is 1.00. The zero-order valence-electron chi connectivity index (χ0n) is 14.7. The van der Waals surface area contributed by atoms with E-state index in [0.29, 0.717) is 0 Å². The highest BCUT2D eigenvalue weighted by molar-refractivity contribution is 4.93. The highest BCUT2D eigenvalue weighted by atomic mass is 16.8. The van der Waals surface area contributed by atoms with Crippen molar-refractivity contribution in [3.63, 3.8) is 0 Å². The third-order valence-electron chi connectivity index (χ3n) is 4.50. The van der Waals surface area contributed by atoms with Gasteiger partial charge in [0.15, 0.2) is 12.6 Å². The molecule has 0 spiro atoms. The summed E-state index contributed by atoms with van der Waals surface area (Å²) < 4.78 is 21.3. The lowest BCUT2D eigenvalue weighted by Gasteiger charge is -2.45. The van der Waals surface area contributed by atoms with Gasteiger partial charge in [-0.1, -0.05) is 5.11 Å². The van der Waals surface area contributed by atoms with E-state index >= 15 is 0 Å². The average Bonchev–Trinajstić information content (AvgIpc) is 2.70. The lowest BCUT2D eigenvalue weighted by Crippen LogP contribution is -2.64. The van der Waals surface area contributed by atoms with Gasteiger partial charge in [0.2, 0.25) is 0 Å². The summed E-state index contributed by atoms with van der Waals surface area (Å²) in [6, 6.07) is 0. The Hall–Kier alpha value is -1.13. The van der Waals surface area contributed by atoms with Crippen molar-refractivity contribution in [2.75, 3.05) is 26.4 Å². The van der Waals surface area contributed by atoms with Crippen LogP contribution >= 0.6 is 0 Å². The summed E-state index contributed by atoms with van der Waals surface area (Å²) >= 11 is 0. The number of hydrogen-bond acceptors (Lipinski definition) is 12. The van der Waals surface area contributed by atoms with Gasteiger partial charge in [-0.05, 0) is 5.53 Å². The second-order valence-electron chi connectivity index (χ2n) is 6.33. The standard InChI is InChI=1S/C14H25N3O11/c15-17-16-1-2-25-14-12(10(23)8(21)6(4-19)27-14)28-13-11(24)9(22)7(20)5(3-18)26-13/h5-14,18-24H,1-4H2/t5-,6-,7+,8-,9+,10+,11-,12-,13+,14-/m1/s1. The number of ether oxygens (including phenoxy) is 4. The Labute approximate surface area is 159 Å². The first kappa shape index (κ1) is 23.2. The van der Waals surface area contributed by atoms with Crippen molar-refractivity contribution in [3.05, 3.63) is 10.4 Å². The van der Waals surface area contributed by atoms with Crippen LogP contribution in [0, 0.1) is 0 Å². The Kier molecular flexibility index (Phi) is 8.76. The lowest BCUT2D eigenvalue weighted by molar-refractivity contribution is -0.367. The molecule has 0 unspecified atom stereocenters. The van der Waals surface area contributed by atoms with Gasteiger partial charge in [0.25, 0.3) is 0 Å². The van der Waals surface area contributed by atoms with E-state index < -0.39 is 74.6 Å². The lowest BCUT2D eigenvalue weighted by atomic mass is 9.97. The maximum absolute atomic E-state index is 10.3. The molecule has 2 aliphatic heterocycles. The van der Waals surface area contributed by atoms with E-state index in [1.54, 1.807) is 0 Å². The quantitative estimate of drug-likeness (QED) is 0.0879. The summed E-state index contributed by atoms with van der Waals surface area (Å²) in [5.41, 5.74) is 8.28. The Morgan fingerprint density at radius 3 is 1.96 bits per heavy atom. The fourth-order valence-electron chi connectivity index (χ4n) is 2.92. The van der Waals surface area contributed by atoms with Gasteiger partial charge < -0.3 is 54.7 Å². The Balaban J connectivity index is 2.13. The molecule has 14 heteroatoms. The second kappa shape index (κ2) is 10.6. The van der Waals surface area contributed by atoms with Gasteiger partial charge in [-0.25, -0.2) is 0 Å². The van der Waals surface area contributed by atoms with E-state index in [1.807, 2.05) is 0 Å². The number of rotatable bonds is 8. The van der Waals surface area contributed by atoms with Gasteiger partial charge in [-0.2, -0.15) is 0 Å². The monoisotopic (exact) mass is 411 g/mol. The van der Waals surface area contributed by atoms with E-state index in [0.717, 1.165) is 0 Å². The molecular weight excluding hydrogens is 386 g/mol. The molecule has 162 valence electrons. The summed E-state index contributed by atoms with van der Waals surface area (Å²) in [5, 5.41) is 71.9. The Bertz CT molecular complexity index is 535. The molecule has 0 bridgehead atoms. The first-order valence-corrected chi connectivity index (χ1v) is 8.56. The van der Waals surface area contributed by atoms with E-state index in [1.165, 1.54) is 0 Å². The second-order valence-corrected chi connectivity index (χ2v) is 6.33. The van der Waals surface area contributed by atoms with E-state index in [2.05, 4.69) is 10.0 Å². The van der Waals surface area contributed by atoms with Crippen molar-refractivity contribution in [2.45, 2.75) is 61.4 Å². The molecule has 0 aromatic carbocycles. The summed E-state index contributed by atoms with van der Waals surface area (Å²) in [6.45, 7) is -1.55. The third kappa shape index (κ3) is 5.07. The number of aliphatic hydroxyl groups is 7. The topological polar surface area (TPSA) is 227 Å². The van der Waals surface area contributed by atoms with Gasteiger partial charge >= 0.3 is 0 Å². The molecule has 0 aromatic rings. The van der Waals surface area contributed by atoms with Crippen LogP contribution in [-0.4, -0.2) is 124 Å². The van der Waals surface area contributed by atoms with Crippen molar-refractivity contribution in [2.24, 2.45) is 5.11 Å². The number of aliphatic hydroxyl groups excluding tert-OH is 7. The first-order chi connectivity index (χ1) is 13.3. The molecule has 0 amide bonds. The molecule has 0 saturated carbocycles. The normalized spacial score (nSPS) is 44.1. The molecule has 2 rings (SSSR count). The van der Waals surface area contributed by atoms with Crippen LogP contribution in [0.25, 0.3) is 10.4 Å². The largest absolute Gasteiger partial charge is 0.394 e. The minimum atomic E-state index is -1.75. The number of azide groups is 1. The molecule has 10 atom stereocenters. The zero-order chi connectivity index (χ0) is 20.8. The van der Waals surface area contributed by atoms with Crippen LogP contribution in [0.3, 0.4) is 0 Å². The summed E-state index contributed by atoms with van der Waals surface area (Å²) in [5.74, 6) is 0. The predicted molar refractivity (Wildman–Crippen MR) is 86.4 cm³/mol. The van der Waals surface area contributed by atoms with Crippen LogP contribution in [0.4, 0.5) is 0 Å². The molecule has 2 saturated heterocycles. The minimum absolute atomic E-state index is 0.0778. The van der Waals surface area contributed by atoms with Crippen LogP contribution in [0.1, 0.15) is 0 Å². The molecule has 28 heavy (non-hydrogen) atoms. The smallest absolute Gasteiger partial charge is 0.187 e. The number of nitrogens with zero attached hydrogens (tertiary/aromatic N) is 3. The van der Waals surface area contributed by atoms with E-state index in [-0.39, 0.29) is 13.2 Å². The predicted octanol–water partition coefficient (Wildman–Crippen LogP) is -4.06. The van der Waals surface area contributed by atoms with Crippen molar-refractivity contribution >= 4 is 0 Å². The van der Waals surface area contributed by atoms with Crippen molar-refractivity contribution in [3.8, 4) is 0 Å². The van der Waals surface area contributed by atoms with Crippen LogP contribution in [-0.2, 0) is 18.9 Å². The molecule has 0 aromatic heterocycles. The molecule has 14 nitrogen and oxygen atoms in total. The first-order valence-electron chi connectivity index (χ1n) is 8.56. The van der Waals surface area contributed by atoms with Crippen molar-refractivity contribution in [1.82, 2.24) is 0 Å². The summed E-state index contributed by atoms with van der Waals surface area (Å²) in [7, 11) is 0. The van der Waals surface area contributed by atoms with E-state index in [4.69, 9.17) is 24.5 Å². The fourth-order valence-corrected chi connectivity index (χ4v) is 2.92. The SMILES string of the molecule is [N-]=[N+]=NCCO[C@@H]1O[C@H](CO)[C@@H](O)[C@H](O)[C@H]1O[C@@H]1O[C@H](CO)[C@H](O)[C@H](O)[C@H]1O. The number of hydrogen-bond donors (Lipinski definition) is 7. The molecule has 7 N–H and O–H groups in total. The molecule has 2 heterocycles. The van der Waals surface area contributed by atoms with Crippen molar-refractivity contribution < 1.29 is 54.7 Å². The molecule has 0 radical (unpaired) electrons. The molecule has 0 aliphatic carbocycles. The maximum Gasteiger partial charge on any atom is 0.187 e. The third-order valence-corrected chi connectivity index (χ3v) is 4.50. The van der Waals surface area contributed by atoms with Gasteiger partial charge in [0.1, 0.15) is 48.8 Å². The molecule has 2 fully saturated rings. The molecule has 2 aliphatic rings. The average molecular weight is 411 g/mol. The van der Waals surface area contributed by atoms with Crippen LogP contribution in [0.2, 0.25) is 0 Å². The summed E-state index contributed by atoms with van der Waals surface area (Å²) in [6.07, 6.45) is -15.2. The van der Waals surface area contributed by atoms with Crippen LogP contribution in [0.15, 0.2) is 5.11 Å².